The average Bonchev–Trinajstić information content (AvgIpc) is 2.03. The van der Waals surface area contributed by atoms with Crippen molar-refractivity contribution in [3.8, 4) is 0 Å². The third kappa shape index (κ3) is 2.71. The Hall–Kier alpha value is -1.07. The zero-order valence-corrected chi connectivity index (χ0v) is 8.25. The number of rotatable bonds is 3. The number of nitro benzene ring substituents is 1. The van der Waals surface area contributed by atoms with Crippen molar-refractivity contribution < 1.29 is 4.92 Å². The van der Waals surface area contributed by atoms with Crippen LogP contribution in [-0.2, 0) is 0 Å². The van der Waals surface area contributed by atoms with Crippen molar-refractivity contribution >= 4 is 17.6 Å². The van der Waals surface area contributed by atoms with Gasteiger partial charge in [-0.05, 0) is 32.1 Å². The molecule has 0 bridgehead atoms. The lowest BCUT2D eigenvalue weighted by Crippen LogP contribution is -2.00. The van der Waals surface area contributed by atoms with Crippen molar-refractivity contribution in [1.82, 2.24) is 4.31 Å². The molecule has 70 valence electrons. The van der Waals surface area contributed by atoms with Crippen molar-refractivity contribution in [2.24, 2.45) is 0 Å². The SMILES string of the molecule is CN(C)Sc1ccccc1[N+](=O)[O-]. The first-order valence-electron chi connectivity index (χ1n) is 3.70. The van der Waals surface area contributed by atoms with Gasteiger partial charge in [0.25, 0.3) is 5.69 Å². The van der Waals surface area contributed by atoms with Gasteiger partial charge in [-0.3, -0.25) is 14.4 Å². The molecule has 0 saturated heterocycles. The first-order chi connectivity index (χ1) is 6.11. The van der Waals surface area contributed by atoms with Gasteiger partial charge >= 0.3 is 0 Å². The third-order valence-electron chi connectivity index (χ3n) is 1.34. The Balaban J connectivity index is 2.98. The van der Waals surface area contributed by atoms with E-state index in [0.29, 0.717) is 4.90 Å². The molecule has 0 fully saturated rings. The van der Waals surface area contributed by atoms with Crippen LogP contribution in [0.3, 0.4) is 0 Å². The molecule has 1 aromatic carbocycles. The fourth-order valence-corrected chi connectivity index (χ4v) is 1.65. The van der Waals surface area contributed by atoms with Gasteiger partial charge in [-0.15, -0.1) is 0 Å². The molecule has 0 aliphatic carbocycles. The van der Waals surface area contributed by atoms with Crippen LogP contribution in [0.15, 0.2) is 29.2 Å². The fraction of sp³-hybridized carbons (Fsp3) is 0.250. The zero-order chi connectivity index (χ0) is 9.84. The first-order valence-corrected chi connectivity index (χ1v) is 4.47. The highest BCUT2D eigenvalue weighted by atomic mass is 32.2. The Kier molecular flexibility index (Phi) is 3.27. The van der Waals surface area contributed by atoms with Gasteiger partial charge in [-0.25, -0.2) is 0 Å². The van der Waals surface area contributed by atoms with E-state index in [-0.39, 0.29) is 10.6 Å². The highest BCUT2D eigenvalue weighted by molar-refractivity contribution is 7.97. The topological polar surface area (TPSA) is 46.4 Å². The van der Waals surface area contributed by atoms with Gasteiger partial charge in [0.2, 0.25) is 0 Å². The molecule has 4 nitrogen and oxygen atoms in total. The normalized spacial score (nSPS) is 10.4. The summed E-state index contributed by atoms with van der Waals surface area (Å²) in [6, 6.07) is 6.70. The van der Waals surface area contributed by atoms with Crippen molar-refractivity contribution in [2.75, 3.05) is 14.1 Å². The molecule has 5 heteroatoms. The summed E-state index contributed by atoms with van der Waals surface area (Å²) in [6.45, 7) is 0. The molecule has 0 N–H and O–H groups in total. The molecule has 0 spiro atoms. The Morgan fingerprint density at radius 2 is 2.00 bits per heavy atom. The maximum absolute atomic E-state index is 10.6. The largest absolute Gasteiger partial charge is 0.284 e. The third-order valence-corrected chi connectivity index (χ3v) is 2.25. The highest BCUT2D eigenvalue weighted by Gasteiger charge is 2.12. The summed E-state index contributed by atoms with van der Waals surface area (Å²) in [7, 11) is 3.70. The minimum absolute atomic E-state index is 0.154. The number of hydrogen-bond acceptors (Lipinski definition) is 4. The number of benzene rings is 1. The molecule has 0 aliphatic heterocycles. The van der Waals surface area contributed by atoms with Crippen LogP contribution in [0.2, 0.25) is 0 Å². The van der Waals surface area contributed by atoms with Gasteiger partial charge < -0.3 is 0 Å². The van der Waals surface area contributed by atoms with Crippen LogP contribution in [0.25, 0.3) is 0 Å². The molecule has 0 aromatic heterocycles. The van der Waals surface area contributed by atoms with Crippen molar-refractivity contribution in [2.45, 2.75) is 4.90 Å². The predicted octanol–water partition coefficient (Wildman–Crippen LogP) is 2.16. The molecule has 0 atom stereocenters. The number of para-hydroxylation sites is 1. The van der Waals surface area contributed by atoms with Gasteiger partial charge in [0.15, 0.2) is 0 Å². The Morgan fingerprint density at radius 3 is 2.54 bits per heavy atom. The first kappa shape index (κ1) is 10.0. The van der Waals surface area contributed by atoms with Crippen LogP contribution in [0.4, 0.5) is 5.69 Å². The van der Waals surface area contributed by atoms with Gasteiger partial charge in [0.05, 0.1) is 4.92 Å². The van der Waals surface area contributed by atoms with E-state index in [1.165, 1.54) is 18.0 Å². The summed E-state index contributed by atoms with van der Waals surface area (Å²) in [5.41, 5.74) is 0.154. The Bertz CT molecular complexity index is 315. The minimum Gasteiger partial charge on any atom is -0.258 e. The lowest BCUT2D eigenvalue weighted by molar-refractivity contribution is -0.387. The Morgan fingerprint density at radius 1 is 1.38 bits per heavy atom. The molecule has 0 aliphatic rings. The smallest absolute Gasteiger partial charge is 0.258 e. The summed E-state index contributed by atoms with van der Waals surface area (Å²) in [6.07, 6.45) is 0. The molecule has 1 aromatic rings. The van der Waals surface area contributed by atoms with E-state index >= 15 is 0 Å². The summed E-state index contributed by atoms with van der Waals surface area (Å²) in [5, 5.41) is 10.6. The maximum Gasteiger partial charge on any atom is 0.284 e. The summed E-state index contributed by atoms with van der Waals surface area (Å²) < 4.78 is 1.82. The second-order valence-electron chi connectivity index (χ2n) is 2.63. The average molecular weight is 198 g/mol. The quantitative estimate of drug-likeness (QED) is 0.424. The number of hydrogen-bond donors (Lipinski definition) is 0. The molecular weight excluding hydrogens is 188 g/mol. The van der Waals surface area contributed by atoms with Crippen molar-refractivity contribution in [3.05, 3.63) is 34.4 Å². The monoisotopic (exact) mass is 198 g/mol. The van der Waals surface area contributed by atoms with E-state index in [9.17, 15) is 10.1 Å². The van der Waals surface area contributed by atoms with Gasteiger partial charge in [0.1, 0.15) is 4.90 Å². The van der Waals surface area contributed by atoms with Gasteiger partial charge in [0, 0.05) is 6.07 Å². The molecular formula is C8H10N2O2S. The van der Waals surface area contributed by atoms with Crippen LogP contribution in [0.1, 0.15) is 0 Å². The standard InChI is InChI=1S/C8H10N2O2S/c1-9(2)13-8-6-4-3-5-7(8)10(11)12/h3-6H,1-2H3. The second-order valence-corrected chi connectivity index (χ2v) is 3.98. The highest BCUT2D eigenvalue weighted by Crippen LogP contribution is 2.29. The summed E-state index contributed by atoms with van der Waals surface area (Å²) >= 11 is 1.35. The zero-order valence-electron chi connectivity index (χ0n) is 7.43. The second kappa shape index (κ2) is 4.25. The fourth-order valence-electron chi connectivity index (χ4n) is 0.882. The summed E-state index contributed by atoms with van der Waals surface area (Å²) in [4.78, 5) is 10.9. The van der Waals surface area contributed by atoms with E-state index in [0.717, 1.165) is 0 Å². The van der Waals surface area contributed by atoms with Crippen LogP contribution in [0, 0.1) is 10.1 Å². The van der Waals surface area contributed by atoms with Gasteiger partial charge in [-0.1, -0.05) is 12.1 Å². The van der Waals surface area contributed by atoms with E-state index in [2.05, 4.69) is 0 Å². The van der Waals surface area contributed by atoms with Crippen molar-refractivity contribution in [3.63, 3.8) is 0 Å². The van der Waals surface area contributed by atoms with E-state index in [4.69, 9.17) is 0 Å². The molecule has 0 heterocycles. The molecule has 0 radical (unpaired) electrons. The lowest BCUT2D eigenvalue weighted by Gasteiger charge is -2.07. The minimum atomic E-state index is -0.369. The van der Waals surface area contributed by atoms with Crippen LogP contribution in [0.5, 0.6) is 0 Å². The Labute approximate surface area is 80.8 Å². The van der Waals surface area contributed by atoms with Crippen LogP contribution < -0.4 is 0 Å². The lowest BCUT2D eigenvalue weighted by atomic mass is 10.3. The number of nitrogens with zero attached hydrogens (tertiary/aromatic N) is 2. The van der Waals surface area contributed by atoms with E-state index < -0.39 is 0 Å². The van der Waals surface area contributed by atoms with Crippen molar-refractivity contribution in [1.29, 1.82) is 0 Å². The van der Waals surface area contributed by atoms with E-state index in [1.807, 2.05) is 18.4 Å². The maximum atomic E-state index is 10.6. The van der Waals surface area contributed by atoms with E-state index in [1.54, 1.807) is 18.2 Å². The molecule has 0 amide bonds. The van der Waals surface area contributed by atoms with Crippen LogP contribution >= 0.6 is 11.9 Å². The molecule has 1 rings (SSSR count). The predicted molar refractivity (Wildman–Crippen MR) is 52.6 cm³/mol. The summed E-state index contributed by atoms with van der Waals surface area (Å²) in [5.74, 6) is 0. The molecule has 0 unspecified atom stereocenters. The molecule has 0 saturated carbocycles. The van der Waals surface area contributed by atoms with Crippen LogP contribution in [-0.4, -0.2) is 23.3 Å². The number of nitro groups is 1. The molecule has 13 heavy (non-hydrogen) atoms. The van der Waals surface area contributed by atoms with Gasteiger partial charge in [-0.2, -0.15) is 0 Å².